The van der Waals surface area contributed by atoms with Crippen molar-refractivity contribution in [3.05, 3.63) is 42.3 Å². The lowest BCUT2D eigenvalue weighted by Crippen LogP contribution is -2.03. The molecular formula is C15H15FN4. The van der Waals surface area contributed by atoms with Crippen molar-refractivity contribution in [2.75, 3.05) is 5.73 Å². The number of imidazole rings is 1. The van der Waals surface area contributed by atoms with Crippen LogP contribution in [0.1, 0.15) is 19.9 Å². The number of nitrogen functional groups attached to an aromatic ring is 1. The number of nitrogens with two attached hydrogens (primary N) is 1. The highest BCUT2D eigenvalue weighted by Crippen LogP contribution is 2.29. The summed E-state index contributed by atoms with van der Waals surface area (Å²) in [5.74, 6) is 0.839. The van der Waals surface area contributed by atoms with E-state index in [1.165, 1.54) is 6.07 Å². The summed E-state index contributed by atoms with van der Waals surface area (Å²) in [6.45, 7) is 4.08. The first kappa shape index (κ1) is 12.6. The van der Waals surface area contributed by atoms with E-state index in [-0.39, 0.29) is 11.9 Å². The lowest BCUT2D eigenvalue weighted by Gasteiger charge is -2.12. The fraction of sp³-hybridized carbons (Fsp3) is 0.200. The number of nitrogens with zero attached hydrogens (tertiary/aromatic N) is 3. The van der Waals surface area contributed by atoms with E-state index in [1.807, 2.05) is 30.5 Å². The lowest BCUT2D eigenvalue weighted by atomic mass is 10.2. The second-order valence-electron chi connectivity index (χ2n) is 4.98. The zero-order valence-corrected chi connectivity index (χ0v) is 11.3. The number of benzene rings is 1. The molecule has 0 radical (unpaired) electrons. The molecule has 0 saturated carbocycles. The molecule has 0 saturated heterocycles. The van der Waals surface area contributed by atoms with Crippen LogP contribution in [0.3, 0.4) is 0 Å². The maximum atomic E-state index is 13.9. The Bertz CT molecular complexity index is 759. The van der Waals surface area contributed by atoms with Crippen molar-refractivity contribution < 1.29 is 4.39 Å². The molecule has 3 rings (SSSR count). The van der Waals surface area contributed by atoms with Crippen LogP contribution in [0.5, 0.6) is 0 Å². The molecule has 2 N–H and O–H groups in total. The third kappa shape index (κ3) is 1.91. The first-order valence-electron chi connectivity index (χ1n) is 6.46. The summed E-state index contributed by atoms with van der Waals surface area (Å²) in [6.07, 6.45) is 1.66. The van der Waals surface area contributed by atoms with E-state index >= 15 is 0 Å². The smallest absolute Gasteiger partial charge is 0.151 e. The Balaban J connectivity index is 2.32. The van der Waals surface area contributed by atoms with Crippen molar-refractivity contribution in [2.45, 2.75) is 19.9 Å². The summed E-state index contributed by atoms with van der Waals surface area (Å²) in [5.41, 5.74) is 7.59. The molecule has 0 unspecified atom stereocenters. The van der Waals surface area contributed by atoms with E-state index in [2.05, 4.69) is 9.97 Å². The van der Waals surface area contributed by atoms with Gasteiger partial charge in [0.2, 0.25) is 0 Å². The quantitative estimate of drug-likeness (QED) is 0.776. The van der Waals surface area contributed by atoms with E-state index in [9.17, 15) is 4.39 Å². The number of rotatable bonds is 2. The number of para-hydroxylation sites is 1. The van der Waals surface area contributed by atoms with Gasteiger partial charge in [-0.1, -0.05) is 6.07 Å². The van der Waals surface area contributed by atoms with E-state index in [4.69, 9.17) is 5.73 Å². The summed E-state index contributed by atoms with van der Waals surface area (Å²) < 4.78 is 15.9. The number of anilines is 1. The number of hydrogen-bond acceptors (Lipinski definition) is 3. The highest BCUT2D eigenvalue weighted by atomic mass is 19.1. The number of halogens is 1. The molecule has 0 fully saturated rings. The molecule has 0 aliphatic carbocycles. The zero-order valence-electron chi connectivity index (χ0n) is 11.3. The molecule has 0 aliphatic heterocycles. The molecule has 1 aromatic carbocycles. The minimum atomic E-state index is -0.313. The fourth-order valence-corrected chi connectivity index (χ4v) is 2.35. The third-order valence-electron chi connectivity index (χ3n) is 3.23. The van der Waals surface area contributed by atoms with Gasteiger partial charge in [-0.15, -0.1) is 0 Å². The Labute approximate surface area is 116 Å². The minimum Gasteiger partial charge on any atom is -0.384 e. The fourth-order valence-electron chi connectivity index (χ4n) is 2.35. The maximum Gasteiger partial charge on any atom is 0.151 e. The average Bonchev–Trinajstić information content (AvgIpc) is 2.80. The van der Waals surface area contributed by atoms with Crippen LogP contribution in [0.15, 0.2) is 36.5 Å². The van der Waals surface area contributed by atoms with E-state index in [0.717, 1.165) is 11.1 Å². The van der Waals surface area contributed by atoms with Crippen LogP contribution in [0, 0.1) is 5.82 Å². The van der Waals surface area contributed by atoms with Crippen molar-refractivity contribution in [3.8, 4) is 11.4 Å². The molecule has 0 bridgehead atoms. The minimum absolute atomic E-state index is 0.161. The van der Waals surface area contributed by atoms with Gasteiger partial charge < -0.3 is 10.3 Å². The van der Waals surface area contributed by atoms with Gasteiger partial charge >= 0.3 is 0 Å². The SMILES string of the molecule is CC(C)n1c(-c2ccc(N)nc2)nc2c(F)cccc21. The van der Waals surface area contributed by atoms with Crippen molar-refractivity contribution in [2.24, 2.45) is 0 Å². The molecule has 0 amide bonds. The number of hydrogen-bond donors (Lipinski definition) is 1. The Morgan fingerprint density at radius 3 is 2.65 bits per heavy atom. The van der Waals surface area contributed by atoms with Crippen molar-refractivity contribution in [1.82, 2.24) is 14.5 Å². The van der Waals surface area contributed by atoms with E-state index < -0.39 is 0 Å². The van der Waals surface area contributed by atoms with Crippen LogP contribution < -0.4 is 5.73 Å². The zero-order chi connectivity index (χ0) is 14.3. The first-order chi connectivity index (χ1) is 9.58. The molecule has 2 heterocycles. The normalized spacial score (nSPS) is 11.4. The molecule has 0 spiro atoms. The average molecular weight is 270 g/mol. The van der Waals surface area contributed by atoms with Gasteiger partial charge in [0.1, 0.15) is 17.2 Å². The molecule has 4 nitrogen and oxygen atoms in total. The van der Waals surface area contributed by atoms with Gasteiger partial charge in [0, 0.05) is 17.8 Å². The molecule has 5 heteroatoms. The second kappa shape index (κ2) is 4.59. The van der Waals surface area contributed by atoms with Crippen LogP contribution in [-0.2, 0) is 0 Å². The van der Waals surface area contributed by atoms with Crippen molar-refractivity contribution >= 4 is 16.9 Å². The predicted octanol–water partition coefficient (Wildman–Crippen LogP) is 3.40. The second-order valence-corrected chi connectivity index (χ2v) is 4.98. The number of pyridine rings is 1. The lowest BCUT2D eigenvalue weighted by molar-refractivity contribution is 0.623. The molecular weight excluding hydrogens is 255 g/mol. The molecule has 0 aliphatic rings. The van der Waals surface area contributed by atoms with Gasteiger partial charge in [-0.25, -0.2) is 14.4 Å². The van der Waals surface area contributed by atoms with Crippen molar-refractivity contribution in [1.29, 1.82) is 0 Å². The van der Waals surface area contributed by atoms with E-state index in [1.54, 1.807) is 18.3 Å². The highest BCUT2D eigenvalue weighted by molar-refractivity contribution is 5.81. The van der Waals surface area contributed by atoms with Gasteiger partial charge in [0.05, 0.1) is 5.52 Å². The Hall–Kier alpha value is -2.43. The van der Waals surface area contributed by atoms with Gasteiger partial charge in [0.25, 0.3) is 0 Å². The maximum absolute atomic E-state index is 13.9. The van der Waals surface area contributed by atoms with Gasteiger partial charge in [-0.05, 0) is 38.1 Å². The van der Waals surface area contributed by atoms with Gasteiger partial charge in [-0.2, -0.15) is 0 Å². The molecule has 0 atom stereocenters. The first-order valence-corrected chi connectivity index (χ1v) is 6.46. The molecule has 2 aromatic heterocycles. The monoisotopic (exact) mass is 270 g/mol. The summed E-state index contributed by atoms with van der Waals surface area (Å²) >= 11 is 0. The number of aromatic nitrogens is 3. The standard InChI is InChI=1S/C15H15FN4/c1-9(2)20-12-5-3-4-11(16)14(12)19-15(20)10-6-7-13(17)18-8-10/h3-9H,1-2H3,(H2,17,18). The predicted molar refractivity (Wildman–Crippen MR) is 77.7 cm³/mol. The summed E-state index contributed by atoms with van der Waals surface area (Å²) in [6, 6.07) is 8.72. The Morgan fingerprint density at radius 1 is 1.20 bits per heavy atom. The van der Waals surface area contributed by atoms with Crippen molar-refractivity contribution in [3.63, 3.8) is 0 Å². The summed E-state index contributed by atoms with van der Waals surface area (Å²) in [7, 11) is 0. The molecule has 20 heavy (non-hydrogen) atoms. The number of fused-ring (bicyclic) bond motifs is 1. The molecule has 3 aromatic rings. The van der Waals surface area contributed by atoms with Crippen LogP contribution in [0.4, 0.5) is 10.2 Å². The summed E-state index contributed by atoms with van der Waals surface area (Å²) in [4.78, 5) is 8.52. The molecule has 102 valence electrons. The van der Waals surface area contributed by atoms with Gasteiger partial charge in [-0.3, -0.25) is 0 Å². The van der Waals surface area contributed by atoms with Crippen LogP contribution in [0.2, 0.25) is 0 Å². The van der Waals surface area contributed by atoms with Crippen LogP contribution in [0.25, 0.3) is 22.4 Å². The topological polar surface area (TPSA) is 56.7 Å². The Morgan fingerprint density at radius 2 is 2.00 bits per heavy atom. The third-order valence-corrected chi connectivity index (χ3v) is 3.23. The largest absolute Gasteiger partial charge is 0.384 e. The Kier molecular flexibility index (Phi) is 2.89. The van der Waals surface area contributed by atoms with E-state index in [0.29, 0.717) is 17.2 Å². The highest BCUT2D eigenvalue weighted by Gasteiger charge is 2.17. The van der Waals surface area contributed by atoms with Crippen LogP contribution >= 0.6 is 0 Å². The van der Waals surface area contributed by atoms with Gasteiger partial charge in [0.15, 0.2) is 5.82 Å². The van der Waals surface area contributed by atoms with Crippen LogP contribution in [-0.4, -0.2) is 14.5 Å². The summed E-state index contributed by atoms with van der Waals surface area (Å²) in [5, 5.41) is 0.